The summed E-state index contributed by atoms with van der Waals surface area (Å²) in [4.78, 5) is 24.2. The Morgan fingerprint density at radius 2 is 1.95 bits per heavy atom. The van der Waals surface area contributed by atoms with Crippen LogP contribution in [0.2, 0.25) is 0 Å². The van der Waals surface area contributed by atoms with E-state index in [0.29, 0.717) is 17.0 Å². The van der Waals surface area contributed by atoms with E-state index in [1.165, 1.54) is 25.7 Å². The molecule has 0 bridgehead atoms. The number of amides is 2. The van der Waals surface area contributed by atoms with Crippen molar-refractivity contribution in [3.63, 3.8) is 0 Å². The highest BCUT2D eigenvalue weighted by Gasteiger charge is 2.28. The molecule has 1 aliphatic heterocycles. The van der Waals surface area contributed by atoms with Crippen molar-refractivity contribution in [2.24, 2.45) is 0 Å². The topological polar surface area (TPSA) is 67.4 Å². The fraction of sp³-hybridized carbons (Fsp3) is 0.529. The maximum absolute atomic E-state index is 12.6. The lowest BCUT2D eigenvalue weighted by atomic mass is 10.1. The summed E-state index contributed by atoms with van der Waals surface area (Å²) >= 11 is 0. The number of hydrogen-bond donors (Lipinski definition) is 2. The van der Waals surface area contributed by atoms with Crippen LogP contribution >= 0.6 is 0 Å². The number of fused-ring (bicyclic) bond motifs is 1. The summed E-state index contributed by atoms with van der Waals surface area (Å²) in [7, 11) is 0. The van der Waals surface area contributed by atoms with Crippen molar-refractivity contribution >= 4 is 17.5 Å². The predicted octanol–water partition coefficient (Wildman–Crippen LogP) is 2.86. The van der Waals surface area contributed by atoms with E-state index in [2.05, 4.69) is 10.6 Å². The van der Waals surface area contributed by atoms with Crippen LogP contribution in [0.25, 0.3) is 0 Å². The van der Waals surface area contributed by atoms with Crippen LogP contribution in [0.4, 0.5) is 5.69 Å². The third kappa shape index (κ3) is 3.08. The van der Waals surface area contributed by atoms with Crippen LogP contribution in [0.1, 0.15) is 55.8 Å². The molecule has 3 rings (SSSR count). The molecule has 1 atom stereocenters. The van der Waals surface area contributed by atoms with Gasteiger partial charge in [-0.1, -0.05) is 31.7 Å². The van der Waals surface area contributed by atoms with Crippen LogP contribution < -0.4 is 15.4 Å². The maximum atomic E-state index is 12.6. The normalized spacial score (nSPS) is 22.0. The standard InChI is InChI=1S/C17H22N2O3/c1-11-16(20)19-14-10-6-9-13(15(14)22-11)17(21)18-12-7-4-2-3-5-8-12/h6,9-12H,2-5,7-8H2,1H3,(H,18,21)(H,19,20). The number of rotatable bonds is 2. The molecule has 22 heavy (non-hydrogen) atoms. The Hall–Kier alpha value is -2.04. The van der Waals surface area contributed by atoms with Crippen molar-refractivity contribution in [2.45, 2.75) is 57.6 Å². The SMILES string of the molecule is CC1Oc2c(cccc2C(=O)NC2CCCCCC2)NC1=O. The second kappa shape index (κ2) is 6.38. The number of ether oxygens (including phenoxy) is 1. The second-order valence-electron chi connectivity index (χ2n) is 6.09. The van der Waals surface area contributed by atoms with Gasteiger partial charge in [0.15, 0.2) is 11.9 Å². The molecule has 2 N–H and O–H groups in total. The summed E-state index contributed by atoms with van der Waals surface area (Å²) in [5, 5.41) is 5.89. The van der Waals surface area contributed by atoms with Crippen molar-refractivity contribution < 1.29 is 14.3 Å². The highest BCUT2D eigenvalue weighted by atomic mass is 16.5. The molecule has 1 aromatic rings. The van der Waals surface area contributed by atoms with E-state index in [9.17, 15) is 9.59 Å². The third-order valence-corrected chi connectivity index (χ3v) is 4.37. The molecule has 118 valence electrons. The molecule has 2 aliphatic rings. The lowest BCUT2D eigenvalue weighted by molar-refractivity contribution is -0.122. The van der Waals surface area contributed by atoms with Gasteiger partial charge in [0.25, 0.3) is 11.8 Å². The molecule has 1 aromatic carbocycles. The predicted molar refractivity (Wildman–Crippen MR) is 84.1 cm³/mol. The minimum absolute atomic E-state index is 0.118. The smallest absolute Gasteiger partial charge is 0.265 e. The number of hydrogen-bond acceptors (Lipinski definition) is 3. The van der Waals surface area contributed by atoms with Crippen LogP contribution in [0, 0.1) is 0 Å². The quantitative estimate of drug-likeness (QED) is 0.825. The fourth-order valence-corrected chi connectivity index (χ4v) is 3.09. The molecule has 1 heterocycles. The minimum Gasteiger partial charge on any atom is -0.478 e. The molecular formula is C17H22N2O3. The molecule has 0 aromatic heterocycles. The first-order valence-corrected chi connectivity index (χ1v) is 8.06. The monoisotopic (exact) mass is 302 g/mol. The third-order valence-electron chi connectivity index (χ3n) is 4.37. The number of carbonyl (C=O) groups excluding carboxylic acids is 2. The summed E-state index contributed by atoms with van der Waals surface area (Å²) in [6.45, 7) is 1.68. The first kappa shape index (κ1) is 14.9. The van der Waals surface area contributed by atoms with Crippen molar-refractivity contribution in [3.05, 3.63) is 23.8 Å². The Bertz CT molecular complexity index is 577. The van der Waals surface area contributed by atoms with Gasteiger partial charge in [-0.05, 0) is 31.9 Å². The van der Waals surface area contributed by atoms with E-state index in [0.717, 1.165) is 12.8 Å². The van der Waals surface area contributed by atoms with Gasteiger partial charge in [-0.25, -0.2) is 0 Å². The van der Waals surface area contributed by atoms with E-state index >= 15 is 0 Å². The molecule has 0 radical (unpaired) electrons. The van der Waals surface area contributed by atoms with Crippen molar-refractivity contribution in [3.8, 4) is 5.75 Å². The highest BCUT2D eigenvalue weighted by molar-refractivity contribution is 6.04. The van der Waals surface area contributed by atoms with Gasteiger partial charge in [0.1, 0.15) is 0 Å². The van der Waals surface area contributed by atoms with Crippen molar-refractivity contribution in [2.75, 3.05) is 5.32 Å². The molecule has 1 unspecified atom stereocenters. The number of nitrogens with one attached hydrogen (secondary N) is 2. The number of carbonyl (C=O) groups is 2. The summed E-state index contributed by atoms with van der Waals surface area (Å²) < 4.78 is 5.64. The van der Waals surface area contributed by atoms with Gasteiger partial charge in [-0.15, -0.1) is 0 Å². The second-order valence-corrected chi connectivity index (χ2v) is 6.09. The summed E-state index contributed by atoms with van der Waals surface area (Å²) in [5.74, 6) is 0.168. The van der Waals surface area contributed by atoms with Crippen LogP contribution in [0.3, 0.4) is 0 Å². The molecule has 2 amide bonds. The van der Waals surface area contributed by atoms with Gasteiger partial charge in [0, 0.05) is 6.04 Å². The first-order valence-electron chi connectivity index (χ1n) is 8.06. The minimum atomic E-state index is -0.584. The molecule has 5 heteroatoms. The summed E-state index contributed by atoms with van der Waals surface area (Å²) in [5.41, 5.74) is 1.06. The molecule has 0 saturated heterocycles. The largest absolute Gasteiger partial charge is 0.478 e. The zero-order chi connectivity index (χ0) is 15.5. The zero-order valence-electron chi connectivity index (χ0n) is 12.9. The van der Waals surface area contributed by atoms with Crippen LogP contribution in [-0.4, -0.2) is 24.0 Å². The molecular weight excluding hydrogens is 280 g/mol. The van der Waals surface area contributed by atoms with Gasteiger partial charge >= 0.3 is 0 Å². The Balaban J connectivity index is 1.78. The fourth-order valence-electron chi connectivity index (χ4n) is 3.09. The van der Waals surface area contributed by atoms with Crippen LogP contribution in [0.15, 0.2) is 18.2 Å². The van der Waals surface area contributed by atoms with E-state index in [4.69, 9.17) is 4.74 Å². The lowest BCUT2D eigenvalue weighted by Crippen LogP contribution is -2.38. The van der Waals surface area contributed by atoms with Gasteiger partial charge in [0.05, 0.1) is 11.3 Å². The van der Waals surface area contributed by atoms with E-state index in [1.807, 2.05) is 0 Å². The molecule has 5 nitrogen and oxygen atoms in total. The average Bonchev–Trinajstić information content (AvgIpc) is 2.76. The Morgan fingerprint density at radius 1 is 1.23 bits per heavy atom. The highest BCUT2D eigenvalue weighted by Crippen LogP contribution is 2.33. The van der Waals surface area contributed by atoms with E-state index < -0.39 is 6.10 Å². The van der Waals surface area contributed by atoms with Gasteiger partial charge in [0.2, 0.25) is 0 Å². The summed E-state index contributed by atoms with van der Waals surface area (Å²) in [6.07, 6.45) is 6.32. The lowest BCUT2D eigenvalue weighted by Gasteiger charge is -2.25. The van der Waals surface area contributed by atoms with Crippen molar-refractivity contribution in [1.29, 1.82) is 0 Å². The maximum Gasteiger partial charge on any atom is 0.265 e. The van der Waals surface area contributed by atoms with E-state index in [1.54, 1.807) is 25.1 Å². The number of anilines is 1. The Labute approximate surface area is 130 Å². The van der Waals surface area contributed by atoms with E-state index in [-0.39, 0.29) is 17.9 Å². The molecule has 1 fully saturated rings. The van der Waals surface area contributed by atoms with Gasteiger partial charge in [-0.3, -0.25) is 9.59 Å². The average molecular weight is 302 g/mol. The molecule has 0 spiro atoms. The van der Waals surface area contributed by atoms with Crippen LogP contribution in [0.5, 0.6) is 5.75 Å². The number of benzene rings is 1. The van der Waals surface area contributed by atoms with Crippen LogP contribution in [-0.2, 0) is 4.79 Å². The number of para-hydroxylation sites is 1. The van der Waals surface area contributed by atoms with Gasteiger partial charge < -0.3 is 15.4 Å². The van der Waals surface area contributed by atoms with Gasteiger partial charge in [-0.2, -0.15) is 0 Å². The Morgan fingerprint density at radius 3 is 2.68 bits per heavy atom. The molecule has 1 aliphatic carbocycles. The zero-order valence-corrected chi connectivity index (χ0v) is 12.9. The first-order chi connectivity index (χ1) is 10.6. The molecule has 1 saturated carbocycles. The van der Waals surface area contributed by atoms with Crippen molar-refractivity contribution in [1.82, 2.24) is 5.32 Å². The Kier molecular flexibility index (Phi) is 4.32. The summed E-state index contributed by atoms with van der Waals surface area (Å²) in [6, 6.07) is 5.50.